The number of hydrogen-bond acceptors (Lipinski definition) is 3. The zero-order valence-corrected chi connectivity index (χ0v) is 12.7. The Bertz CT molecular complexity index is 959. The molecule has 0 radical (unpaired) electrons. The number of imidazole rings is 1. The maximum Gasteiger partial charge on any atom is 0.346 e. The topological polar surface area (TPSA) is 44.1 Å². The van der Waals surface area contributed by atoms with Gasteiger partial charge < -0.3 is 9.15 Å². The van der Waals surface area contributed by atoms with Gasteiger partial charge in [0.15, 0.2) is 16.6 Å². The molecule has 110 valence electrons. The van der Waals surface area contributed by atoms with Gasteiger partial charge in [0.2, 0.25) is 0 Å². The average Bonchev–Trinajstić information content (AvgIpc) is 3.06. The third-order valence-corrected chi connectivity index (χ3v) is 4.03. The maximum atomic E-state index is 5.96. The fourth-order valence-corrected chi connectivity index (χ4v) is 2.90. The third-order valence-electron chi connectivity index (χ3n) is 4.03. The Balaban J connectivity index is 1.99. The Hall–Kier alpha value is -2.82. The number of rotatable bonds is 2. The minimum absolute atomic E-state index is 0.601. The first kappa shape index (κ1) is 12.9. The molecule has 0 atom stereocenters. The molecule has 2 aromatic carbocycles. The summed E-state index contributed by atoms with van der Waals surface area (Å²) in [5, 5.41) is 0. The van der Waals surface area contributed by atoms with Crippen LogP contribution in [0.4, 0.5) is 0 Å². The van der Waals surface area contributed by atoms with E-state index in [0.29, 0.717) is 5.89 Å². The largest absolute Gasteiger partial charge is 0.497 e. The van der Waals surface area contributed by atoms with E-state index in [-0.39, 0.29) is 0 Å². The molecule has 0 saturated heterocycles. The molecule has 2 aromatic heterocycles. The lowest BCUT2D eigenvalue weighted by atomic mass is 10.3. The van der Waals surface area contributed by atoms with Crippen LogP contribution in [0.15, 0.2) is 46.9 Å². The molecular weight excluding hydrogens is 278 g/mol. The second kappa shape index (κ2) is 4.59. The number of fused-ring (bicyclic) bond motifs is 2. The van der Waals surface area contributed by atoms with E-state index in [1.807, 2.05) is 44.4 Å². The van der Waals surface area contributed by atoms with Gasteiger partial charge in [-0.05, 0) is 24.3 Å². The summed E-state index contributed by atoms with van der Waals surface area (Å²) >= 11 is 0. The standard InChI is InChI=1S/C17H16N3O2/c1-19-13-6-4-5-7-14(13)20(2)17(19)16-18-12-9-8-11(21-3)10-15(12)22-16/h4-10H,1-3H3/q+1. The summed E-state index contributed by atoms with van der Waals surface area (Å²) in [5.41, 5.74) is 3.82. The van der Waals surface area contributed by atoms with E-state index in [1.54, 1.807) is 7.11 Å². The Labute approximate surface area is 127 Å². The first-order chi connectivity index (χ1) is 10.7. The van der Waals surface area contributed by atoms with Crippen molar-refractivity contribution < 1.29 is 13.7 Å². The van der Waals surface area contributed by atoms with E-state index in [2.05, 4.69) is 26.3 Å². The van der Waals surface area contributed by atoms with Crippen molar-refractivity contribution >= 4 is 22.1 Å². The number of ether oxygens (including phenoxy) is 1. The van der Waals surface area contributed by atoms with Crippen LogP contribution in [0.2, 0.25) is 0 Å². The van der Waals surface area contributed by atoms with E-state index in [9.17, 15) is 0 Å². The highest BCUT2D eigenvalue weighted by molar-refractivity contribution is 5.78. The predicted molar refractivity (Wildman–Crippen MR) is 83.7 cm³/mol. The predicted octanol–water partition coefficient (Wildman–Crippen LogP) is 2.82. The maximum absolute atomic E-state index is 5.96. The van der Waals surface area contributed by atoms with Crippen molar-refractivity contribution in [2.75, 3.05) is 7.11 Å². The van der Waals surface area contributed by atoms with Crippen LogP contribution in [0.25, 0.3) is 33.8 Å². The van der Waals surface area contributed by atoms with Crippen molar-refractivity contribution in [1.82, 2.24) is 9.55 Å². The first-order valence-corrected chi connectivity index (χ1v) is 7.07. The molecule has 0 aliphatic rings. The molecule has 0 amide bonds. The van der Waals surface area contributed by atoms with Crippen LogP contribution in [0.5, 0.6) is 5.75 Å². The summed E-state index contributed by atoms with van der Waals surface area (Å²) in [6.07, 6.45) is 0. The van der Waals surface area contributed by atoms with Crippen LogP contribution >= 0.6 is 0 Å². The molecule has 0 saturated carbocycles. The zero-order valence-electron chi connectivity index (χ0n) is 12.7. The van der Waals surface area contributed by atoms with E-state index in [4.69, 9.17) is 9.15 Å². The van der Waals surface area contributed by atoms with Gasteiger partial charge in [-0.2, -0.15) is 0 Å². The summed E-state index contributed by atoms with van der Waals surface area (Å²) in [7, 11) is 5.68. The quantitative estimate of drug-likeness (QED) is 0.534. The van der Waals surface area contributed by atoms with Crippen LogP contribution in [0, 0.1) is 0 Å². The molecule has 4 aromatic rings. The lowest BCUT2D eigenvalue weighted by Crippen LogP contribution is -2.30. The second-order valence-electron chi connectivity index (χ2n) is 5.28. The van der Waals surface area contributed by atoms with Gasteiger partial charge in [0.25, 0.3) is 0 Å². The third kappa shape index (κ3) is 1.72. The monoisotopic (exact) mass is 294 g/mol. The summed E-state index contributed by atoms with van der Waals surface area (Å²) in [4.78, 5) is 4.61. The number of benzene rings is 2. The molecule has 0 spiro atoms. The van der Waals surface area contributed by atoms with Gasteiger partial charge in [-0.25, -0.2) is 14.1 Å². The van der Waals surface area contributed by atoms with Gasteiger partial charge in [0.05, 0.1) is 21.2 Å². The SMILES string of the molecule is COc1ccc2nc(-c3n(C)c4ccccc4[n+]3C)oc2c1. The van der Waals surface area contributed by atoms with Gasteiger partial charge in [-0.3, -0.25) is 0 Å². The smallest absolute Gasteiger partial charge is 0.346 e. The minimum Gasteiger partial charge on any atom is -0.497 e. The van der Waals surface area contributed by atoms with Crippen molar-refractivity contribution in [1.29, 1.82) is 0 Å². The highest BCUT2D eigenvalue weighted by Gasteiger charge is 2.26. The molecule has 5 heteroatoms. The summed E-state index contributed by atoms with van der Waals surface area (Å²) in [5.74, 6) is 2.29. The number of para-hydroxylation sites is 2. The number of aryl methyl sites for hydroxylation is 2. The zero-order chi connectivity index (χ0) is 15.3. The Morgan fingerprint density at radius 2 is 2.00 bits per heavy atom. The van der Waals surface area contributed by atoms with Crippen molar-refractivity contribution in [2.45, 2.75) is 0 Å². The van der Waals surface area contributed by atoms with Gasteiger partial charge in [-0.15, -0.1) is 0 Å². The molecule has 0 aliphatic heterocycles. The lowest BCUT2D eigenvalue weighted by Gasteiger charge is -1.95. The van der Waals surface area contributed by atoms with Gasteiger partial charge in [0.1, 0.15) is 11.3 Å². The number of aromatic nitrogens is 3. The van der Waals surface area contributed by atoms with E-state index in [1.165, 1.54) is 0 Å². The van der Waals surface area contributed by atoms with E-state index in [0.717, 1.165) is 33.7 Å². The van der Waals surface area contributed by atoms with Gasteiger partial charge >= 0.3 is 11.7 Å². The molecule has 4 rings (SSSR count). The average molecular weight is 294 g/mol. The molecular formula is C17H16N3O2+. The van der Waals surface area contributed by atoms with E-state index < -0.39 is 0 Å². The van der Waals surface area contributed by atoms with Crippen molar-refractivity contribution in [3.05, 3.63) is 42.5 Å². The molecule has 0 N–H and O–H groups in total. The van der Waals surface area contributed by atoms with Crippen molar-refractivity contribution in [3.63, 3.8) is 0 Å². The number of oxazole rings is 1. The molecule has 22 heavy (non-hydrogen) atoms. The van der Waals surface area contributed by atoms with Crippen LogP contribution in [0.3, 0.4) is 0 Å². The lowest BCUT2D eigenvalue weighted by molar-refractivity contribution is -0.634. The van der Waals surface area contributed by atoms with Crippen LogP contribution < -0.4 is 9.30 Å². The first-order valence-electron chi connectivity index (χ1n) is 7.07. The normalized spacial score (nSPS) is 11.4. The van der Waals surface area contributed by atoms with Crippen LogP contribution in [0.1, 0.15) is 0 Å². The highest BCUT2D eigenvalue weighted by atomic mass is 16.5. The summed E-state index contributed by atoms with van der Waals surface area (Å²) in [6.45, 7) is 0. The summed E-state index contributed by atoms with van der Waals surface area (Å²) < 4.78 is 15.4. The van der Waals surface area contributed by atoms with Gasteiger partial charge in [0, 0.05) is 6.07 Å². The van der Waals surface area contributed by atoms with E-state index >= 15 is 0 Å². The number of nitrogens with zero attached hydrogens (tertiary/aromatic N) is 3. The minimum atomic E-state index is 0.601. The summed E-state index contributed by atoms with van der Waals surface area (Å²) in [6, 6.07) is 13.9. The molecule has 0 unspecified atom stereocenters. The fraction of sp³-hybridized carbons (Fsp3) is 0.176. The molecule has 0 aliphatic carbocycles. The molecule has 2 heterocycles. The fourth-order valence-electron chi connectivity index (χ4n) is 2.90. The van der Waals surface area contributed by atoms with Gasteiger partial charge in [-0.1, -0.05) is 12.1 Å². The second-order valence-corrected chi connectivity index (χ2v) is 5.28. The molecule has 0 bridgehead atoms. The Morgan fingerprint density at radius 3 is 2.77 bits per heavy atom. The van der Waals surface area contributed by atoms with Crippen LogP contribution in [-0.4, -0.2) is 16.7 Å². The number of hydrogen-bond donors (Lipinski definition) is 0. The Morgan fingerprint density at radius 1 is 1.18 bits per heavy atom. The number of methoxy groups -OCH3 is 1. The molecule has 5 nitrogen and oxygen atoms in total. The highest BCUT2D eigenvalue weighted by Crippen LogP contribution is 2.27. The van der Waals surface area contributed by atoms with Crippen molar-refractivity contribution in [2.24, 2.45) is 14.1 Å². The molecule has 0 fully saturated rings. The van der Waals surface area contributed by atoms with Crippen LogP contribution in [-0.2, 0) is 14.1 Å². The Kier molecular flexibility index (Phi) is 2.69. The van der Waals surface area contributed by atoms with Crippen molar-refractivity contribution in [3.8, 4) is 17.5 Å².